The Labute approximate surface area is 234 Å². The Morgan fingerprint density at radius 3 is 2.21 bits per heavy atom. The van der Waals surface area contributed by atoms with E-state index in [1.807, 2.05) is 0 Å². The number of benzene rings is 2. The molecule has 0 radical (unpaired) electrons. The predicted molar refractivity (Wildman–Crippen MR) is 136 cm³/mol. The summed E-state index contributed by atoms with van der Waals surface area (Å²) in [5, 5.41) is 112. The van der Waals surface area contributed by atoms with Gasteiger partial charge in [0, 0.05) is 11.6 Å². The molecule has 3 heterocycles. The van der Waals surface area contributed by atoms with Gasteiger partial charge in [-0.3, -0.25) is 4.79 Å². The molecule has 2 aliphatic heterocycles. The number of aromatic hydroxyl groups is 4. The minimum Gasteiger partial charge on any atom is -0.504 e. The van der Waals surface area contributed by atoms with Crippen molar-refractivity contribution in [2.45, 2.75) is 55.1 Å². The third-order valence-electron chi connectivity index (χ3n) is 7.24. The van der Waals surface area contributed by atoms with E-state index in [1.165, 1.54) is 6.07 Å². The van der Waals surface area contributed by atoms with E-state index >= 15 is 0 Å². The Morgan fingerprint density at radius 2 is 1.55 bits per heavy atom. The number of fused-ring (bicyclic) bond motifs is 1. The van der Waals surface area contributed by atoms with Crippen molar-refractivity contribution >= 4 is 11.0 Å². The zero-order chi connectivity index (χ0) is 30.6. The Balaban J connectivity index is 1.72. The van der Waals surface area contributed by atoms with Crippen molar-refractivity contribution < 1.29 is 74.8 Å². The van der Waals surface area contributed by atoms with E-state index < -0.39 is 119 Å². The zero-order valence-electron chi connectivity index (χ0n) is 21.4. The van der Waals surface area contributed by atoms with Crippen LogP contribution in [0.2, 0.25) is 0 Å². The maximum Gasteiger partial charge on any atom is 0.229 e. The van der Waals surface area contributed by atoms with E-state index in [0.717, 1.165) is 18.2 Å². The molecule has 11 N–H and O–H groups in total. The Hall–Kier alpha value is -3.71. The lowest BCUT2D eigenvalue weighted by Gasteiger charge is -2.40. The van der Waals surface area contributed by atoms with Gasteiger partial charge < -0.3 is 74.8 Å². The van der Waals surface area contributed by atoms with Crippen LogP contribution in [-0.4, -0.2) is 118 Å². The Morgan fingerprint density at radius 1 is 0.833 bits per heavy atom. The molecule has 228 valence electrons. The molecule has 2 aromatic carbocycles. The molecular formula is C26H28O16. The first-order chi connectivity index (χ1) is 19.8. The van der Waals surface area contributed by atoms with Crippen molar-refractivity contribution in [3.05, 3.63) is 40.1 Å². The Bertz CT molecular complexity index is 1540. The van der Waals surface area contributed by atoms with Gasteiger partial charge in [-0.15, -0.1) is 0 Å². The largest absolute Gasteiger partial charge is 0.504 e. The second-order valence-corrected chi connectivity index (χ2v) is 9.94. The van der Waals surface area contributed by atoms with E-state index in [4.69, 9.17) is 18.6 Å². The first-order valence-corrected chi connectivity index (χ1v) is 12.6. The van der Waals surface area contributed by atoms with Crippen molar-refractivity contribution in [1.82, 2.24) is 0 Å². The number of hydrogen-bond acceptors (Lipinski definition) is 16. The van der Waals surface area contributed by atoms with Gasteiger partial charge in [0.25, 0.3) is 0 Å². The summed E-state index contributed by atoms with van der Waals surface area (Å²) >= 11 is 0. The maximum atomic E-state index is 13.3. The van der Waals surface area contributed by atoms with Crippen LogP contribution in [0.5, 0.6) is 28.7 Å². The average molecular weight is 596 g/mol. The van der Waals surface area contributed by atoms with E-state index in [1.54, 1.807) is 0 Å². The third kappa shape index (κ3) is 4.87. The highest BCUT2D eigenvalue weighted by Gasteiger charge is 2.47. The number of phenolic OH excluding ortho intramolecular Hbond substituents is 4. The Kier molecular flexibility index (Phi) is 7.92. The monoisotopic (exact) mass is 596 g/mol. The van der Waals surface area contributed by atoms with Crippen LogP contribution in [0.4, 0.5) is 0 Å². The lowest BCUT2D eigenvalue weighted by atomic mass is 9.92. The molecule has 16 heteroatoms. The molecule has 5 rings (SSSR count). The van der Waals surface area contributed by atoms with Gasteiger partial charge in [0.1, 0.15) is 60.0 Å². The minimum atomic E-state index is -1.99. The summed E-state index contributed by atoms with van der Waals surface area (Å²) < 4.78 is 22.0. The molecular weight excluding hydrogens is 568 g/mol. The van der Waals surface area contributed by atoms with Crippen LogP contribution in [0.15, 0.2) is 33.5 Å². The van der Waals surface area contributed by atoms with Crippen LogP contribution in [0.25, 0.3) is 22.3 Å². The molecule has 3 aromatic rings. The second kappa shape index (κ2) is 11.2. The molecule has 9 atom stereocenters. The van der Waals surface area contributed by atoms with E-state index in [-0.39, 0.29) is 11.3 Å². The van der Waals surface area contributed by atoms with Crippen LogP contribution in [0.3, 0.4) is 0 Å². The summed E-state index contributed by atoms with van der Waals surface area (Å²) in [6.07, 6.45) is -16.0. The molecule has 42 heavy (non-hydrogen) atoms. The first-order valence-electron chi connectivity index (χ1n) is 12.6. The number of rotatable bonds is 5. The molecule has 2 aliphatic rings. The number of aliphatic hydroxyl groups excluding tert-OH is 7. The molecule has 2 saturated heterocycles. The molecule has 0 amide bonds. The molecule has 0 aliphatic carbocycles. The first kappa shape index (κ1) is 29.8. The number of phenols is 4. The van der Waals surface area contributed by atoms with Crippen LogP contribution in [0.1, 0.15) is 11.7 Å². The van der Waals surface area contributed by atoms with Gasteiger partial charge in [-0.05, 0) is 18.2 Å². The van der Waals surface area contributed by atoms with E-state index in [0.29, 0.717) is 0 Å². The minimum absolute atomic E-state index is 0.0662. The predicted octanol–water partition coefficient (Wildman–Crippen LogP) is -2.38. The third-order valence-corrected chi connectivity index (χ3v) is 7.24. The molecule has 1 aromatic heterocycles. The summed E-state index contributed by atoms with van der Waals surface area (Å²) in [5.74, 6) is -4.30. The van der Waals surface area contributed by atoms with Gasteiger partial charge in [-0.2, -0.15) is 0 Å². The van der Waals surface area contributed by atoms with Crippen molar-refractivity contribution in [1.29, 1.82) is 0 Å². The highest BCUT2D eigenvalue weighted by atomic mass is 16.7. The maximum absolute atomic E-state index is 13.3. The highest BCUT2D eigenvalue weighted by molar-refractivity contribution is 5.93. The van der Waals surface area contributed by atoms with E-state index in [2.05, 4.69) is 0 Å². The van der Waals surface area contributed by atoms with Crippen LogP contribution < -0.4 is 10.2 Å². The molecule has 2 fully saturated rings. The van der Waals surface area contributed by atoms with Crippen LogP contribution in [0, 0.1) is 0 Å². The van der Waals surface area contributed by atoms with Crippen molar-refractivity contribution in [2.75, 3.05) is 13.2 Å². The van der Waals surface area contributed by atoms with Crippen LogP contribution in [-0.2, 0) is 9.47 Å². The van der Waals surface area contributed by atoms with Gasteiger partial charge >= 0.3 is 0 Å². The fourth-order valence-corrected chi connectivity index (χ4v) is 4.90. The normalized spacial score (nSPS) is 31.7. The lowest BCUT2D eigenvalue weighted by Crippen LogP contribution is -2.60. The summed E-state index contributed by atoms with van der Waals surface area (Å²) in [4.78, 5) is 13.3. The molecule has 9 unspecified atom stereocenters. The topological polar surface area (TPSA) is 280 Å². The van der Waals surface area contributed by atoms with Gasteiger partial charge in [-0.1, -0.05) is 0 Å². The standard InChI is InChI=1S/C26H28O16/c27-5-13-17(33)20(36)22(38)26(41-13)42-25-18(34)14-10(30)4-12(7-1-2-8(28)9(29)3-7)40-23(14)15(19(25)35)24-21(37)16(32)11(31)6-39-24/h1-4,11,13,16-17,20-22,24,26-29,31-38H,5-6H2. The highest BCUT2D eigenvalue weighted by Crippen LogP contribution is 2.50. The zero-order valence-corrected chi connectivity index (χ0v) is 21.4. The number of ether oxygens (including phenoxy) is 3. The van der Waals surface area contributed by atoms with Crippen molar-refractivity contribution in [3.8, 4) is 40.1 Å². The van der Waals surface area contributed by atoms with Crippen molar-refractivity contribution in [3.63, 3.8) is 0 Å². The quantitative estimate of drug-likeness (QED) is 0.137. The van der Waals surface area contributed by atoms with Crippen LogP contribution >= 0.6 is 0 Å². The average Bonchev–Trinajstić information content (AvgIpc) is 2.96. The fourth-order valence-electron chi connectivity index (χ4n) is 4.90. The number of aliphatic hydroxyl groups is 7. The van der Waals surface area contributed by atoms with Gasteiger partial charge in [0.05, 0.1) is 18.8 Å². The summed E-state index contributed by atoms with van der Waals surface area (Å²) in [5.41, 5.74) is -2.02. The molecule has 0 saturated carbocycles. The molecule has 0 spiro atoms. The molecule has 0 bridgehead atoms. The number of hydrogen-bond donors (Lipinski definition) is 11. The lowest BCUT2D eigenvalue weighted by molar-refractivity contribution is -0.277. The van der Waals surface area contributed by atoms with Crippen molar-refractivity contribution in [2.24, 2.45) is 0 Å². The second-order valence-electron chi connectivity index (χ2n) is 9.94. The van der Waals surface area contributed by atoms with E-state index in [9.17, 15) is 61.0 Å². The smallest absolute Gasteiger partial charge is 0.229 e. The van der Waals surface area contributed by atoms with Gasteiger partial charge in [0.15, 0.2) is 34.0 Å². The van der Waals surface area contributed by atoms with Gasteiger partial charge in [0.2, 0.25) is 12.0 Å². The summed E-state index contributed by atoms with van der Waals surface area (Å²) in [7, 11) is 0. The molecule has 16 nitrogen and oxygen atoms in total. The summed E-state index contributed by atoms with van der Waals surface area (Å²) in [6.45, 7) is -1.38. The van der Waals surface area contributed by atoms with Gasteiger partial charge in [-0.25, -0.2) is 0 Å². The SMILES string of the molecule is O=c1cc(-c2ccc(O)c(O)c2)oc2c(C3OCC(O)C(O)C3O)c(O)c(OC3OC(CO)C(O)C(O)C3O)c(O)c12. The summed E-state index contributed by atoms with van der Waals surface area (Å²) in [6, 6.07) is 4.33. The fraction of sp³-hybridized carbons (Fsp3) is 0.423.